The number of aromatic nitrogens is 2. The lowest BCUT2D eigenvalue weighted by Gasteiger charge is -2.14. The van der Waals surface area contributed by atoms with Crippen molar-refractivity contribution in [3.63, 3.8) is 0 Å². The standard InChI is InChI=1S/C16H21F2N5S/c1-11-4-5-12(13(8-11)24-3)9-21-16(19-2)22-10-14-20-6-7-23(14)15(17)18/h4-8,15H,9-10H2,1-3H3,(H2,19,21,22). The predicted molar refractivity (Wildman–Crippen MR) is 93.5 cm³/mol. The first-order valence-electron chi connectivity index (χ1n) is 7.43. The van der Waals surface area contributed by atoms with Crippen LogP contribution in [0.3, 0.4) is 0 Å². The second kappa shape index (κ2) is 8.68. The van der Waals surface area contributed by atoms with E-state index < -0.39 is 6.55 Å². The molecule has 1 aromatic heterocycles. The minimum Gasteiger partial charge on any atom is -0.352 e. The average Bonchev–Trinajstić information content (AvgIpc) is 3.04. The number of imidazole rings is 1. The molecule has 2 N–H and O–H groups in total. The fourth-order valence-electron chi connectivity index (χ4n) is 2.22. The highest BCUT2D eigenvalue weighted by Crippen LogP contribution is 2.21. The zero-order valence-electron chi connectivity index (χ0n) is 13.9. The molecule has 0 saturated heterocycles. The van der Waals surface area contributed by atoms with Crippen LogP contribution in [0, 0.1) is 6.92 Å². The van der Waals surface area contributed by atoms with Crippen LogP contribution in [0.1, 0.15) is 23.5 Å². The van der Waals surface area contributed by atoms with Gasteiger partial charge in [0.15, 0.2) is 5.96 Å². The van der Waals surface area contributed by atoms with E-state index in [0.29, 0.717) is 12.5 Å². The molecule has 2 rings (SSSR count). The number of rotatable bonds is 6. The van der Waals surface area contributed by atoms with E-state index in [-0.39, 0.29) is 12.4 Å². The molecule has 0 aliphatic carbocycles. The molecular formula is C16H21F2N5S. The summed E-state index contributed by atoms with van der Waals surface area (Å²) in [5.74, 6) is 0.791. The van der Waals surface area contributed by atoms with Gasteiger partial charge in [-0.05, 0) is 30.4 Å². The molecule has 0 saturated carbocycles. The van der Waals surface area contributed by atoms with Crippen LogP contribution in [0.2, 0.25) is 0 Å². The zero-order chi connectivity index (χ0) is 17.5. The molecule has 0 radical (unpaired) electrons. The summed E-state index contributed by atoms with van der Waals surface area (Å²) in [7, 11) is 1.64. The Bertz CT molecular complexity index is 700. The van der Waals surface area contributed by atoms with Gasteiger partial charge in [0.2, 0.25) is 0 Å². The molecular weight excluding hydrogens is 332 g/mol. The van der Waals surface area contributed by atoms with Crippen LogP contribution < -0.4 is 10.6 Å². The van der Waals surface area contributed by atoms with E-state index in [1.54, 1.807) is 18.8 Å². The van der Waals surface area contributed by atoms with Gasteiger partial charge in [-0.25, -0.2) is 4.98 Å². The number of thioether (sulfide) groups is 1. The van der Waals surface area contributed by atoms with E-state index in [4.69, 9.17) is 0 Å². The Morgan fingerprint density at radius 1 is 1.33 bits per heavy atom. The third kappa shape index (κ3) is 4.70. The van der Waals surface area contributed by atoms with Crippen molar-refractivity contribution in [2.24, 2.45) is 4.99 Å². The summed E-state index contributed by atoms with van der Waals surface area (Å²) in [6, 6.07) is 6.27. The maximum atomic E-state index is 12.8. The van der Waals surface area contributed by atoms with Crippen LogP contribution in [0.4, 0.5) is 8.78 Å². The van der Waals surface area contributed by atoms with E-state index in [2.05, 4.69) is 45.7 Å². The van der Waals surface area contributed by atoms with Gasteiger partial charge < -0.3 is 10.6 Å². The summed E-state index contributed by atoms with van der Waals surface area (Å²) < 4.78 is 26.4. The van der Waals surface area contributed by atoms with Crippen molar-refractivity contribution in [1.82, 2.24) is 20.2 Å². The van der Waals surface area contributed by atoms with Gasteiger partial charge in [-0.15, -0.1) is 11.8 Å². The van der Waals surface area contributed by atoms with Crippen LogP contribution >= 0.6 is 11.8 Å². The summed E-state index contributed by atoms with van der Waals surface area (Å²) in [5, 5.41) is 6.19. The molecule has 0 aliphatic heterocycles. The Kier molecular flexibility index (Phi) is 6.60. The number of nitrogens with zero attached hydrogens (tertiary/aromatic N) is 3. The molecule has 8 heteroatoms. The topological polar surface area (TPSA) is 54.2 Å². The number of benzene rings is 1. The van der Waals surface area contributed by atoms with Crippen molar-refractivity contribution in [3.8, 4) is 0 Å². The zero-order valence-corrected chi connectivity index (χ0v) is 14.7. The van der Waals surface area contributed by atoms with Gasteiger partial charge >= 0.3 is 6.55 Å². The Morgan fingerprint density at radius 2 is 2.08 bits per heavy atom. The van der Waals surface area contributed by atoms with Crippen LogP contribution in [-0.4, -0.2) is 28.8 Å². The predicted octanol–water partition coefficient (Wildman–Crippen LogP) is 3.17. The summed E-state index contributed by atoms with van der Waals surface area (Å²) in [5.41, 5.74) is 2.37. The maximum absolute atomic E-state index is 12.8. The smallest absolute Gasteiger partial charge is 0.319 e. The summed E-state index contributed by atoms with van der Waals surface area (Å²) in [4.78, 5) is 9.25. The fraction of sp³-hybridized carbons (Fsp3) is 0.375. The number of hydrogen-bond donors (Lipinski definition) is 2. The molecule has 1 heterocycles. The van der Waals surface area contributed by atoms with Crippen molar-refractivity contribution in [2.45, 2.75) is 31.5 Å². The highest BCUT2D eigenvalue weighted by molar-refractivity contribution is 7.98. The first-order chi connectivity index (χ1) is 11.5. The lowest BCUT2D eigenvalue weighted by Crippen LogP contribution is -2.37. The number of aryl methyl sites for hydroxylation is 1. The van der Waals surface area contributed by atoms with Gasteiger partial charge in [-0.2, -0.15) is 8.78 Å². The Labute approximate surface area is 144 Å². The number of guanidine groups is 1. The lowest BCUT2D eigenvalue weighted by atomic mass is 10.1. The summed E-state index contributed by atoms with van der Waals surface area (Å²) in [6.07, 6.45) is 4.65. The van der Waals surface area contributed by atoms with Crippen molar-refractivity contribution < 1.29 is 8.78 Å². The number of halogens is 2. The van der Waals surface area contributed by atoms with Crippen LogP contribution in [0.15, 0.2) is 40.5 Å². The monoisotopic (exact) mass is 353 g/mol. The van der Waals surface area contributed by atoms with E-state index >= 15 is 0 Å². The van der Waals surface area contributed by atoms with E-state index in [0.717, 1.165) is 10.1 Å². The van der Waals surface area contributed by atoms with Gasteiger partial charge in [-0.1, -0.05) is 12.1 Å². The first-order valence-corrected chi connectivity index (χ1v) is 8.65. The molecule has 0 fully saturated rings. The van der Waals surface area contributed by atoms with Crippen LogP contribution in [0.5, 0.6) is 0 Å². The second-order valence-corrected chi connectivity index (χ2v) is 5.97. The summed E-state index contributed by atoms with van der Waals surface area (Å²) >= 11 is 1.69. The molecule has 5 nitrogen and oxygen atoms in total. The van der Waals surface area contributed by atoms with Gasteiger partial charge in [0, 0.05) is 30.9 Å². The fourth-order valence-corrected chi connectivity index (χ4v) is 2.92. The van der Waals surface area contributed by atoms with E-state index in [1.165, 1.54) is 22.9 Å². The second-order valence-electron chi connectivity index (χ2n) is 5.12. The Hall–Kier alpha value is -2.09. The highest BCUT2D eigenvalue weighted by Gasteiger charge is 2.11. The van der Waals surface area contributed by atoms with Crippen molar-refractivity contribution in [3.05, 3.63) is 47.5 Å². The quantitative estimate of drug-likeness (QED) is 0.476. The third-order valence-electron chi connectivity index (χ3n) is 3.49. The molecule has 0 unspecified atom stereocenters. The Morgan fingerprint density at radius 3 is 2.75 bits per heavy atom. The molecule has 0 bridgehead atoms. The maximum Gasteiger partial charge on any atom is 0.319 e. The van der Waals surface area contributed by atoms with E-state index in [1.807, 2.05) is 6.26 Å². The molecule has 0 spiro atoms. The largest absolute Gasteiger partial charge is 0.352 e. The average molecular weight is 353 g/mol. The van der Waals surface area contributed by atoms with Crippen LogP contribution in [-0.2, 0) is 13.1 Å². The van der Waals surface area contributed by atoms with Crippen molar-refractivity contribution in [1.29, 1.82) is 0 Å². The number of nitrogens with one attached hydrogen (secondary N) is 2. The first kappa shape index (κ1) is 18.3. The third-order valence-corrected chi connectivity index (χ3v) is 4.31. The molecule has 2 aromatic rings. The normalized spacial score (nSPS) is 11.8. The molecule has 0 aliphatic rings. The van der Waals surface area contributed by atoms with Gasteiger partial charge in [0.1, 0.15) is 5.82 Å². The van der Waals surface area contributed by atoms with Crippen molar-refractivity contribution in [2.75, 3.05) is 13.3 Å². The number of aliphatic imine (C=N–C) groups is 1. The molecule has 24 heavy (non-hydrogen) atoms. The Balaban J connectivity index is 1.95. The summed E-state index contributed by atoms with van der Waals surface area (Å²) in [6.45, 7) is 0.221. The minimum atomic E-state index is -2.60. The number of hydrogen-bond acceptors (Lipinski definition) is 3. The molecule has 0 amide bonds. The van der Waals surface area contributed by atoms with Gasteiger partial charge in [0.25, 0.3) is 0 Å². The number of alkyl halides is 2. The van der Waals surface area contributed by atoms with Gasteiger partial charge in [0.05, 0.1) is 6.54 Å². The SMILES string of the molecule is CN=C(NCc1ccc(C)cc1SC)NCc1nccn1C(F)F. The van der Waals surface area contributed by atoms with E-state index in [9.17, 15) is 8.78 Å². The van der Waals surface area contributed by atoms with Crippen LogP contribution in [0.25, 0.3) is 0 Å². The minimum absolute atomic E-state index is 0.167. The lowest BCUT2D eigenvalue weighted by molar-refractivity contribution is 0.0668. The van der Waals surface area contributed by atoms with Crippen molar-refractivity contribution >= 4 is 17.7 Å². The highest BCUT2D eigenvalue weighted by atomic mass is 32.2. The molecule has 130 valence electrons. The van der Waals surface area contributed by atoms with Gasteiger partial charge in [-0.3, -0.25) is 9.56 Å². The molecule has 0 atom stereocenters. The molecule has 1 aromatic carbocycles.